The maximum absolute atomic E-state index is 13.1. The first kappa shape index (κ1) is 20.8. The number of carbonyl (C=O) groups excluding carboxylic acids is 1. The molecule has 4 aromatic rings. The first-order valence-electron chi connectivity index (χ1n) is 9.79. The minimum Gasteiger partial charge on any atom is -0.341 e. The Morgan fingerprint density at radius 3 is 2.26 bits per heavy atom. The number of aromatic nitrogens is 3. The molecular formula is C24H21FN4OS. The maximum atomic E-state index is 13.1. The van der Waals surface area contributed by atoms with Gasteiger partial charge < -0.3 is 4.90 Å². The molecule has 0 bridgehead atoms. The lowest BCUT2D eigenvalue weighted by Crippen LogP contribution is -2.27. The zero-order valence-electron chi connectivity index (χ0n) is 17.0. The van der Waals surface area contributed by atoms with E-state index < -0.39 is 0 Å². The molecule has 0 N–H and O–H groups in total. The zero-order valence-corrected chi connectivity index (χ0v) is 17.8. The highest BCUT2D eigenvalue weighted by Crippen LogP contribution is 2.28. The fourth-order valence-corrected chi connectivity index (χ4v) is 4.03. The molecule has 0 saturated heterocycles. The lowest BCUT2D eigenvalue weighted by atomic mass is 10.2. The van der Waals surface area contributed by atoms with Crippen LogP contribution >= 0.6 is 11.8 Å². The number of hydrogen-bond donors (Lipinski definition) is 0. The van der Waals surface area contributed by atoms with E-state index in [0.717, 1.165) is 22.6 Å². The topological polar surface area (TPSA) is 51.0 Å². The van der Waals surface area contributed by atoms with Gasteiger partial charge in [0.15, 0.2) is 11.0 Å². The van der Waals surface area contributed by atoms with E-state index in [0.29, 0.717) is 11.7 Å². The van der Waals surface area contributed by atoms with Crippen LogP contribution in [-0.2, 0) is 11.3 Å². The van der Waals surface area contributed by atoms with Crippen molar-refractivity contribution in [3.8, 4) is 17.1 Å². The predicted octanol–water partition coefficient (Wildman–Crippen LogP) is 4.82. The Balaban J connectivity index is 1.52. The first-order chi connectivity index (χ1) is 15.1. The van der Waals surface area contributed by atoms with Crippen LogP contribution in [0.1, 0.15) is 5.56 Å². The van der Waals surface area contributed by atoms with Crippen LogP contribution in [0.3, 0.4) is 0 Å². The van der Waals surface area contributed by atoms with Crippen LogP contribution in [-0.4, -0.2) is 38.4 Å². The average Bonchev–Trinajstić information content (AvgIpc) is 3.24. The summed E-state index contributed by atoms with van der Waals surface area (Å²) in [6, 6.07) is 25.9. The Bertz CT molecular complexity index is 1150. The molecule has 0 unspecified atom stereocenters. The number of amides is 1. The van der Waals surface area contributed by atoms with Gasteiger partial charge in [-0.3, -0.25) is 9.36 Å². The van der Waals surface area contributed by atoms with E-state index >= 15 is 0 Å². The molecule has 1 amide bonds. The molecule has 156 valence electrons. The van der Waals surface area contributed by atoms with Crippen LogP contribution in [0.15, 0.2) is 90.1 Å². The van der Waals surface area contributed by atoms with Crippen molar-refractivity contribution in [3.05, 3.63) is 96.3 Å². The van der Waals surface area contributed by atoms with Crippen molar-refractivity contribution in [3.63, 3.8) is 0 Å². The summed E-state index contributed by atoms with van der Waals surface area (Å²) in [4.78, 5) is 14.3. The van der Waals surface area contributed by atoms with Crippen molar-refractivity contribution in [2.45, 2.75) is 11.7 Å². The van der Waals surface area contributed by atoms with Gasteiger partial charge in [-0.2, -0.15) is 0 Å². The van der Waals surface area contributed by atoms with Crippen LogP contribution < -0.4 is 0 Å². The molecule has 1 aromatic heterocycles. The second kappa shape index (κ2) is 9.57. The number of hydrogen-bond acceptors (Lipinski definition) is 4. The summed E-state index contributed by atoms with van der Waals surface area (Å²) in [5.41, 5.74) is 2.76. The van der Waals surface area contributed by atoms with E-state index in [1.54, 1.807) is 24.1 Å². The van der Waals surface area contributed by atoms with Gasteiger partial charge in [-0.05, 0) is 29.8 Å². The van der Waals surface area contributed by atoms with Gasteiger partial charge >= 0.3 is 0 Å². The highest BCUT2D eigenvalue weighted by molar-refractivity contribution is 7.99. The van der Waals surface area contributed by atoms with Gasteiger partial charge in [-0.15, -0.1) is 10.2 Å². The largest absolute Gasteiger partial charge is 0.341 e. The summed E-state index contributed by atoms with van der Waals surface area (Å²) >= 11 is 1.34. The second-order valence-corrected chi connectivity index (χ2v) is 7.95. The lowest BCUT2D eigenvalue weighted by Gasteiger charge is -2.17. The molecule has 0 fully saturated rings. The number of para-hydroxylation sites is 1. The molecule has 0 aliphatic carbocycles. The third-order valence-corrected chi connectivity index (χ3v) is 5.68. The summed E-state index contributed by atoms with van der Waals surface area (Å²) in [5.74, 6) is 0.611. The smallest absolute Gasteiger partial charge is 0.233 e. The van der Waals surface area contributed by atoms with Gasteiger partial charge in [0.25, 0.3) is 0 Å². The van der Waals surface area contributed by atoms with Crippen molar-refractivity contribution < 1.29 is 9.18 Å². The van der Waals surface area contributed by atoms with Crippen molar-refractivity contribution in [2.24, 2.45) is 0 Å². The van der Waals surface area contributed by atoms with Crippen molar-refractivity contribution in [1.82, 2.24) is 19.7 Å². The Labute approximate surface area is 184 Å². The molecule has 0 aliphatic rings. The van der Waals surface area contributed by atoms with E-state index in [1.807, 2.05) is 65.2 Å². The monoisotopic (exact) mass is 432 g/mol. The van der Waals surface area contributed by atoms with E-state index in [9.17, 15) is 9.18 Å². The van der Waals surface area contributed by atoms with Crippen molar-refractivity contribution in [2.75, 3.05) is 12.8 Å². The van der Waals surface area contributed by atoms with Gasteiger partial charge in [0.2, 0.25) is 5.91 Å². The first-order valence-corrected chi connectivity index (χ1v) is 10.8. The summed E-state index contributed by atoms with van der Waals surface area (Å²) in [7, 11) is 1.74. The number of nitrogens with zero attached hydrogens (tertiary/aromatic N) is 4. The fraction of sp³-hybridized carbons (Fsp3) is 0.125. The van der Waals surface area contributed by atoms with E-state index in [-0.39, 0.29) is 17.5 Å². The molecule has 4 rings (SSSR count). The predicted molar refractivity (Wildman–Crippen MR) is 120 cm³/mol. The molecule has 31 heavy (non-hydrogen) atoms. The van der Waals surface area contributed by atoms with Crippen LogP contribution in [0, 0.1) is 5.82 Å². The minimum atomic E-state index is -0.289. The van der Waals surface area contributed by atoms with E-state index in [4.69, 9.17) is 0 Å². The van der Waals surface area contributed by atoms with Crippen LogP contribution in [0.5, 0.6) is 0 Å². The van der Waals surface area contributed by atoms with Gasteiger partial charge in [-0.25, -0.2) is 4.39 Å². The number of rotatable bonds is 7. The summed E-state index contributed by atoms with van der Waals surface area (Å²) in [6.45, 7) is 0.417. The Hall–Kier alpha value is -3.45. The standard InChI is InChI=1S/C24H21FN4OS/c1-28(16-18-12-14-20(25)15-13-18)22(30)17-31-24-27-26-23(19-8-4-2-5-9-19)29(24)21-10-6-3-7-11-21/h2-15H,16-17H2,1H3. The Morgan fingerprint density at radius 2 is 1.58 bits per heavy atom. The van der Waals surface area contributed by atoms with Gasteiger partial charge in [-0.1, -0.05) is 72.4 Å². The Morgan fingerprint density at radius 1 is 0.935 bits per heavy atom. The quantitative estimate of drug-likeness (QED) is 0.393. The third kappa shape index (κ3) is 5.00. The Kier molecular flexibility index (Phi) is 6.43. The SMILES string of the molecule is CN(Cc1ccc(F)cc1)C(=O)CSc1nnc(-c2ccccc2)n1-c1ccccc1. The average molecular weight is 433 g/mol. The summed E-state index contributed by atoms with van der Waals surface area (Å²) in [6.07, 6.45) is 0. The molecule has 0 saturated carbocycles. The molecule has 7 heteroatoms. The maximum Gasteiger partial charge on any atom is 0.233 e. The van der Waals surface area contributed by atoms with Crippen LogP contribution in [0.2, 0.25) is 0 Å². The fourth-order valence-electron chi connectivity index (χ4n) is 3.14. The van der Waals surface area contributed by atoms with Crippen LogP contribution in [0.4, 0.5) is 4.39 Å². The van der Waals surface area contributed by atoms with Crippen molar-refractivity contribution in [1.29, 1.82) is 0 Å². The highest BCUT2D eigenvalue weighted by atomic mass is 32.2. The summed E-state index contributed by atoms with van der Waals surface area (Å²) < 4.78 is 15.1. The second-order valence-electron chi connectivity index (χ2n) is 7.01. The lowest BCUT2D eigenvalue weighted by molar-refractivity contribution is -0.127. The van der Waals surface area contributed by atoms with Gasteiger partial charge in [0.1, 0.15) is 5.82 Å². The molecule has 0 radical (unpaired) electrons. The van der Waals surface area contributed by atoms with Gasteiger partial charge in [0, 0.05) is 24.8 Å². The van der Waals surface area contributed by atoms with E-state index in [1.165, 1.54) is 23.9 Å². The van der Waals surface area contributed by atoms with Crippen molar-refractivity contribution >= 4 is 17.7 Å². The molecule has 0 atom stereocenters. The molecule has 0 spiro atoms. The normalized spacial score (nSPS) is 10.8. The van der Waals surface area contributed by atoms with Gasteiger partial charge in [0.05, 0.1) is 5.75 Å². The van der Waals surface area contributed by atoms with E-state index in [2.05, 4.69) is 10.2 Å². The molecule has 1 heterocycles. The highest BCUT2D eigenvalue weighted by Gasteiger charge is 2.18. The number of carbonyl (C=O) groups is 1. The molecule has 0 aliphatic heterocycles. The summed E-state index contributed by atoms with van der Waals surface area (Å²) in [5, 5.41) is 9.40. The number of benzene rings is 3. The molecule has 5 nitrogen and oxygen atoms in total. The van der Waals surface area contributed by atoms with Crippen LogP contribution in [0.25, 0.3) is 17.1 Å². The minimum absolute atomic E-state index is 0.0433. The number of halogens is 1. The molecule has 3 aromatic carbocycles. The third-order valence-electron chi connectivity index (χ3n) is 4.76. The number of thioether (sulfide) groups is 1. The molecular weight excluding hydrogens is 411 g/mol. The zero-order chi connectivity index (χ0) is 21.6.